The van der Waals surface area contributed by atoms with Gasteiger partial charge < -0.3 is 10.3 Å². The summed E-state index contributed by atoms with van der Waals surface area (Å²) in [5, 5.41) is 0. The van der Waals surface area contributed by atoms with Crippen molar-refractivity contribution >= 4 is 23.4 Å². The zero-order valence-corrected chi connectivity index (χ0v) is 10.8. The van der Waals surface area contributed by atoms with Crippen LogP contribution >= 0.6 is 12.4 Å². The van der Waals surface area contributed by atoms with E-state index in [9.17, 15) is 0 Å². The van der Waals surface area contributed by atoms with Crippen molar-refractivity contribution < 1.29 is 0 Å². The molecule has 1 heterocycles. The predicted molar refractivity (Wildman–Crippen MR) is 72.5 cm³/mol. The minimum Gasteiger partial charge on any atom is -0.326 e. The van der Waals surface area contributed by atoms with Crippen molar-refractivity contribution in [1.29, 1.82) is 0 Å². The molecule has 0 spiro atoms. The topological polar surface area (TPSA) is 43.8 Å². The van der Waals surface area contributed by atoms with E-state index in [4.69, 9.17) is 10.7 Å². The normalized spacial score (nSPS) is 14.9. The zero-order valence-electron chi connectivity index (χ0n) is 10.0. The Morgan fingerprint density at radius 2 is 2.18 bits per heavy atom. The van der Waals surface area contributed by atoms with Gasteiger partial charge in [-0.1, -0.05) is 13.0 Å². The first-order valence-electron chi connectivity index (χ1n) is 6.03. The van der Waals surface area contributed by atoms with Crippen LogP contribution in [0.1, 0.15) is 37.2 Å². The number of fused-ring (bicyclic) bond motifs is 1. The Balaban J connectivity index is 0.00000108. The largest absolute Gasteiger partial charge is 0.326 e. The molecule has 92 valence electrons. The summed E-state index contributed by atoms with van der Waals surface area (Å²) in [6.45, 7) is 2.76. The highest BCUT2D eigenvalue weighted by molar-refractivity contribution is 5.85. The van der Waals surface area contributed by atoms with Crippen molar-refractivity contribution in [3.05, 3.63) is 29.6 Å². The maximum atomic E-state index is 5.66. The zero-order chi connectivity index (χ0) is 11.1. The molecule has 1 aliphatic carbocycles. The van der Waals surface area contributed by atoms with Crippen LogP contribution in [0.25, 0.3) is 11.0 Å². The molecule has 0 atom stereocenters. The molecule has 1 saturated carbocycles. The van der Waals surface area contributed by atoms with E-state index in [0.717, 1.165) is 17.5 Å². The standard InChI is InChI=1S/C13H17N3.ClH/c1-2-13-15-11-7-9(8-14)3-6-12(11)16(13)10-4-5-10;/h3,6-7,10H,2,4-5,8,14H2,1H3;1H. The summed E-state index contributed by atoms with van der Waals surface area (Å²) in [5.41, 5.74) is 9.20. The van der Waals surface area contributed by atoms with Gasteiger partial charge in [0.1, 0.15) is 5.82 Å². The molecular weight excluding hydrogens is 234 g/mol. The number of nitrogens with zero attached hydrogens (tertiary/aromatic N) is 2. The van der Waals surface area contributed by atoms with Crippen LogP contribution in [0.3, 0.4) is 0 Å². The monoisotopic (exact) mass is 251 g/mol. The van der Waals surface area contributed by atoms with Crippen molar-refractivity contribution in [3.63, 3.8) is 0 Å². The number of nitrogens with two attached hydrogens (primary N) is 1. The molecule has 4 heteroatoms. The lowest BCUT2D eigenvalue weighted by Gasteiger charge is -2.05. The summed E-state index contributed by atoms with van der Waals surface area (Å²) in [4.78, 5) is 4.71. The van der Waals surface area contributed by atoms with Gasteiger partial charge in [-0.05, 0) is 30.5 Å². The Labute approximate surface area is 107 Å². The molecule has 2 aromatic rings. The third-order valence-electron chi connectivity index (χ3n) is 3.29. The number of benzene rings is 1. The minimum atomic E-state index is 0. The van der Waals surface area contributed by atoms with E-state index in [0.29, 0.717) is 12.6 Å². The Hall–Kier alpha value is -1.06. The van der Waals surface area contributed by atoms with E-state index in [-0.39, 0.29) is 12.4 Å². The van der Waals surface area contributed by atoms with Crippen LogP contribution in [0, 0.1) is 0 Å². The lowest BCUT2D eigenvalue weighted by molar-refractivity contribution is 0.708. The molecule has 0 unspecified atom stereocenters. The average molecular weight is 252 g/mol. The fourth-order valence-corrected chi connectivity index (χ4v) is 2.31. The smallest absolute Gasteiger partial charge is 0.109 e. The second-order valence-corrected chi connectivity index (χ2v) is 4.51. The Morgan fingerprint density at radius 3 is 2.76 bits per heavy atom. The highest BCUT2D eigenvalue weighted by Crippen LogP contribution is 2.38. The quantitative estimate of drug-likeness (QED) is 0.912. The third-order valence-corrected chi connectivity index (χ3v) is 3.29. The first-order chi connectivity index (χ1) is 7.83. The number of aryl methyl sites for hydroxylation is 1. The third kappa shape index (κ3) is 2.05. The van der Waals surface area contributed by atoms with Crippen molar-refractivity contribution in [2.45, 2.75) is 38.8 Å². The highest BCUT2D eigenvalue weighted by Gasteiger charge is 2.27. The second kappa shape index (κ2) is 4.67. The number of aromatic nitrogens is 2. The summed E-state index contributed by atoms with van der Waals surface area (Å²) >= 11 is 0. The first-order valence-corrected chi connectivity index (χ1v) is 6.03. The molecule has 0 aliphatic heterocycles. The summed E-state index contributed by atoms with van der Waals surface area (Å²) < 4.78 is 2.41. The average Bonchev–Trinajstić information content (AvgIpc) is 3.08. The molecule has 17 heavy (non-hydrogen) atoms. The van der Waals surface area contributed by atoms with Gasteiger partial charge in [0.05, 0.1) is 11.0 Å². The van der Waals surface area contributed by atoms with Crippen LogP contribution in [-0.2, 0) is 13.0 Å². The van der Waals surface area contributed by atoms with Crippen molar-refractivity contribution in [2.75, 3.05) is 0 Å². The highest BCUT2D eigenvalue weighted by atomic mass is 35.5. The lowest BCUT2D eigenvalue weighted by atomic mass is 10.2. The Kier molecular flexibility index (Phi) is 3.40. The van der Waals surface area contributed by atoms with Crippen LogP contribution in [0.4, 0.5) is 0 Å². The second-order valence-electron chi connectivity index (χ2n) is 4.51. The van der Waals surface area contributed by atoms with Gasteiger partial charge in [-0.2, -0.15) is 0 Å². The molecule has 1 aromatic carbocycles. The van der Waals surface area contributed by atoms with E-state index >= 15 is 0 Å². The number of hydrogen-bond acceptors (Lipinski definition) is 2. The van der Waals surface area contributed by atoms with Crippen LogP contribution in [0.5, 0.6) is 0 Å². The maximum Gasteiger partial charge on any atom is 0.109 e. The SMILES string of the molecule is CCc1nc2cc(CN)ccc2n1C1CC1.Cl. The van der Waals surface area contributed by atoms with Gasteiger partial charge in [-0.25, -0.2) is 4.98 Å². The molecule has 3 nitrogen and oxygen atoms in total. The summed E-state index contributed by atoms with van der Waals surface area (Å²) in [6, 6.07) is 7.10. The molecule has 2 N–H and O–H groups in total. The summed E-state index contributed by atoms with van der Waals surface area (Å²) in [5.74, 6) is 1.21. The summed E-state index contributed by atoms with van der Waals surface area (Å²) in [7, 11) is 0. The molecule has 0 saturated heterocycles. The Morgan fingerprint density at radius 1 is 1.41 bits per heavy atom. The van der Waals surface area contributed by atoms with Gasteiger partial charge in [0.25, 0.3) is 0 Å². The van der Waals surface area contributed by atoms with Crippen LogP contribution in [0.15, 0.2) is 18.2 Å². The van der Waals surface area contributed by atoms with Gasteiger partial charge in [0.2, 0.25) is 0 Å². The van der Waals surface area contributed by atoms with Crippen molar-refractivity contribution in [1.82, 2.24) is 9.55 Å². The van der Waals surface area contributed by atoms with E-state index in [1.54, 1.807) is 0 Å². The van der Waals surface area contributed by atoms with Gasteiger partial charge >= 0.3 is 0 Å². The van der Waals surface area contributed by atoms with E-state index in [1.807, 2.05) is 0 Å². The molecule has 1 aliphatic rings. The molecule has 0 radical (unpaired) electrons. The van der Waals surface area contributed by atoms with Gasteiger partial charge in [0.15, 0.2) is 0 Å². The molecule has 0 bridgehead atoms. The number of hydrogen-bond donors (Lipinski definition) is 1. The van der Waals surface area contributed by atoms with E-state index < -0.39 is 0 Å². The lowest BCUT2D eigenvalue weighted by Crippen LogP contribution is -2.00. The van der Waals surface area contributed by atoms with Crippen LogP contribution in [0.2, 0.25) is 0 Å². The fourth-order valence-electron chi connectivity index (χ4n) is 2.31. The molecule has 3 rings (SSSR count). The van der Waals surface area contributed by atoms with E-state index in [2.05, 4.69) is 29.7 Å². The van der Waals surface area contributed by atoms with Gasteiger partial charge in [0, 0.05) is 19.0 Å². The van der Waals surface area contributed by atoms with E-state index in [1.165, 1.54) is 24.2 Å². The van der Waals surface area contributed by atoms with Gasteiger partial charge in [-0.3, -0.25) is 0 Å². The summed E-state index contributed by atoms with van der Waals surface area (Å²) in [6.07, 6.45) is 3.61. The number of halogens is 1. The molecule has 1 aromatic heterocycles. The van der Waals surface area contributed by atoms with Gasteiger partial charge in [-0.15, -0.1) is 12.4 Å². The molecule has 0 amide bonds. The first kappa shape index (κ1) is 12.4. The fraction of sp³-hybridized carbons (Fsp3) is 0.462. The Bertz CT molecular complexity index is 529. The van der Waals surface area contributed by atoms with Crippen molar-refractivity contribution in [2.24, 2.45) is 5.73 Å². The maximum absolute atomic E-state index is 5.66. The number of imidazole rings is 1. The van der Waals surface area contributed by atoms with Crippen LogP contribution in [-0.4, -0.2) is 9.55 Å². The van der Waals surface area contributed by atoms with Crippen LogP contribution < -0.4 is 5.73 Å². The minimum absolute atomic E-state index is 0. The van der Waals surface area contributed by atoms with Crippen molar-refractivity contribution in [3.8, 4) is 0 Å². The number of rotatable bonds is 3. The molecular formula is C13H18ClN3. The predicted octanol–water partition coefficient (Wildman–Crippen LogP) is 2.81. The molecule has 1 fully saturated rings.